The van der Waals surface area contributed by atoms with Crippen molar-refractivity contribution in [2.75, 3.05) is 5.32 Å². The third-order valence-corrected chi connectivity index (χ3v) is 3.52. The van der Waals surface area contributed by atoms with Crippen LogP contribution in [0.3, 0.4) is 0 Å². The maximum absolute atomic E-state index is 12.2. The summed E-state index contributed by atoms with van der Waals surface area (Å²) in [5.41, 5.74) is 3.89. The molecule has 0 radical (unpaired) electrons. The van der Waals surface area contributed by atoms with E-state index in [4.69, 9.17) is 4.42 Å². The molecule has 0 fully saturated rings. The second kappa shape index (κ2) is 5.99. The van der Waals surface area contributed by atoms with Crippen molar-refractivity contribution in [1.82, 2.24) is 4.98 Å². The number of anilines is 1. The minimum atomic E-state index is -0.175. The fourth-order valence-corrected chi connectivity index (χ4v) is 2.37. The summed E-state index contributed by atoms with van der Waals surface area (Å²) < 4.78 is 5.49. The van der Waals surface area contributed by atoms with Gasteiger partial charge in [0.1, 0.15) is 5.58 Å². The minimum absolute atomic E-state index is 0.147. The van der Waals surface area contributed by atoms with E-state index in [1.807, 2.05) is 25.1 Å². The predicted molar refractivity (Wildman–Crippen MR) is 83.4 cm³/mol. The summed E-state index contributed by atoms with van der Waals surface area (Å²) in [6.07, 6.45) is 4.92. The standard InChI is InChI=1S/C17H16N2O3/c1-11-2-3-14-13(10-22-16(14)6-11)7-17(21)19-15-8-18-5-4-12(15)9-20/h2-6,8,10,20H,7,9H2,1H3,(H,19,21). The van der Waals surface area contributed by atoms with Crippen molar-refractivity contribution in [3.05, 3.63) is 59.6 Å². The molecule has 2 N–H and O–H groups in total. The first kappa shape index (κ1) is 14.3. The number of carbonyl (C=O) groups excluding carboxylic acids is 1. The van der Waals surface area contributed by atoms with Gasteiger partial charge in [0.15, 0.2) is 0 Å². The van der Waals surface area contributed by atoms with Crippen molar-refractivity contribution in [2.45, 2.75) is 20.0 Å². The number of aliphatic hydroxyl groups is 1. The third kappa shape index (κ3) is 2.84. The monoisotopic (exact) mass is 296 g/mol. The third-order valence-electron chi connectivity index (χ3n) is 3.52. The van der Waals surface area contributed by atoms with E-state index in [0.717, 1.165) is 22.1 Å². The van der Waals surface area contributed by atoms with Gasteiger partial charge >= 0.3 is 0 Å². The van der Waals surface area contributed by atoms with Crippen LogP contribution >= 0.6 is 0 Å². The average Bonchev–Trinajstić information content (AvgIpc) is 2.89. The van der Waals surface area contributed by atoms with E-state index in [0.29, 0.717) is 11.3 Å². The summed E-state index contributed by atoms with van der Waals surface area (Å²) in [5, 5.41) is 13.0. The largest absolute Gasteiger partial charge is 0.464 e. The van der Waals surface area contributed by atoms with Crippen LogP contribution in [0.2, 0.25) is 0 Å². The van der Waals surface area contributed by atoms with Crippen LogP contribution in [0, 0.1) is 6.92 Å². The van der Waals surface area contributed by atoms with E-state index >= 15 is 0 Å². The Balaban J connectivity index is 1.78. The molecule has 2 heterocycles. The number of hydrogen-bond acceptors (Lipinski definition) is 4. The molecule has 5 heteroatoms. The molecule has 2 aromatic heterocycles. The molecule has 0 saturated carbocycles. The predicted octanol–water partition coefficient (Wildman–Crippen LogP) is 2.81. The van der Waals surface area contributed by atoms with E-state index in [2.05, 4.69) is 10.3 Å². The second-order valence-electron chi connectivity index (χ2n) is 5.18. The highest BCUT2D eigenvalue weighted by Crippen LogP contribution is 2.23. The average molecular weight is 296 g/mol. The molecule has 0 atom stereocenters. The Morgan fingerprint density at radius 2 is 2.18 bits per heavy atom. The van der Waals surface area contributed by atoms with Crippen LogP contribution in [-0.4, -0.2) is 16.0 Å². The topological polar surface area (TPSA) is 75.4 Å². The lowest BCUT2D eigenvalue weighted by Crippen LogP contribution is -2.15. The first-order chi connectivity index (χ1) is 10.7. The van der Waals surface area contributed by atoms with Gasteiger partial charge < -0.3 is 14.8 Å². The van der Waals surface area contributed by atoms with Crippen molar-refractivity contribution in [3.63, 3.8) is 0 Å². The van der Waals surface area contributed by atoms with Gasteiger partial charge in [-0.05, 0) is 24.6 Å². The number of rotatable bonds is 4. The summed E-state index contributed by atoms with van der Waals surface area (Å²) in [6, 6.07) is 7.57. The molecule has 0 aliphatic carbocycles. The molecule has 0 saturated heterocycles. The van der Waals surface area contributed by atoms with E-state index < -0.39 is 0 Å². The number of benzene rings is 1. The Morgan fingerprint density at radius 3 is 3.00 bits per heavy atom. The smallest absolute Gasteiger partial charge is 0.228 e. The molecule has 0 aliphatic heterocycles. The molecule has 5 nitrogen and oxygen atoms in total. The number of aryl methyl sites for hydroxylation is 1. The van der Waals surface area contributed by atoms with Crippen molar-refractivity contribution in [3.8, 4) is 0 Å². The summed E-state index contributed by atoms with van der Waals surface area (Å²) >= 11 is 0. The fourth-order valence-electron chi connectivity index (χ4n) is 2.37. The SMILES string of the molecule is Cc1ccc2c(CC(=O)Nc3cnccc3CO)coc2c1. The molecule has 0 unspecified atom stereocenters. The molecular weight excluding hydrogens is 280 g/mol. The molecule has 0 bridgehead atoms. The van der Waals surface area contributed by atoms with Gasteiger partial charge in [0.2, 0.25) is 5.91 Å². The molecule has 0 spiro atoms. The summed E-state index contributed by atoms with van der Waals surface area (Å²) in [4.78, 5) is 16.2. The molecule has 1 amide bonds. The zero-order chi connectivity index (χ0) is 15.5. The zero-order valence-electron chi connectivity index (χ0n) is 12.2. The Kier molecular flexibility index (Phi) is 3.89. The summed E-state index contributed by atoms with van der Waals surface area (Å²) in [5.74, 6) is -0.175. The van der Waals surface area contributed by atoms with Crippen LogP contribution in [0.15, 0.2) is 47.3 Å². The maximum atomic E-state index is 12.2. The van der Waals surface area contributed by atoms with Gasteiger partial charge in [0.25, 0.3) is 0 Å². The molecule has 3 rings (SSSR count). The van der Waals surface area contributed by atoms with Gasteiger partial charge in [-0.2, -0.15) is 0 Å². The van der Waals surface area contributed by atoms with Crippen molar-refractivity contribution in [1.29, 1.82) is 0 Å². The Labute approximate surface area is 127 Å². The first-order valence-electron chi connectivity index (χ1n) is 6.97. The van der Waals surface area contributed by atoms with Crippen LogP contribution in [-0.2, 0) is 17.8 Å². The number of hydrogen-bond donors (Lipinski definition) is 2. The highest BCUT2D eigenvalue weighted by molar-refractivity contribution is 5.95. The second-order valence-corrected chi connectivity index (χ2v) is 5.18. The quantitative estimate of drug-likeness (QED) is 0.776. The Bertz CT molecular complexity index is 824. The normalized spacial score (nSPS) is 10.8. The number of fused-ring (bicyclic) bond motifs is 1. The van der Waals surface area contributed by atoms with E-state index in [1.54, 1.807) is 18.5 Å². The number of nitrogens with zero attached hydrogens (tertiary/aromatic N) is 1. The summed E-state index contributed by atoms with van der Waals surface area (Å²) in [6.45, 7) is 1.85. The number of furan rings is 1. The van der Waals surface area contributed by atoms with Gasteiger partial charge in [-0.15, -0.1) is 0 Å². The number of aromatic nitrogens is 1. The molecule has 22 heavy (non-hydrogen) atoms. The molecule has 1 aromatic carbocycles. The van der Waals surface area contributed by atoms with Crippen molar-refractivity contribution < 1.29 is 14.3 Å². The number of aliphatic hydroxyl groups excluding tert-OH is 1. The van der Waals surface area contributed by atoms with E-state index in [1.165, 1.54) is 6.20 Å². The maximum Gasteiger partial charge on any atom is 0.228 e. The van der Waals surface area contributed by atoms with Gasteiger partial charge in [-0.3, -0.25) is 9.78 Å². The van der Waals surface area contributed by atoms with Gasteiger partial charge in [-0.25, -0.2) is 0 Å². The zero-order valence-corrected chi connectivity index (χ0v) is 12.2. The number of pyridine rings is 1. The lowest BCUT2D eigenvalue weighted by molar-refractivity contribution is -0.115. The molecular formula is C17H16N2O3. The van der Waals surface area contributed by atoms with Gasteiger partial charge in [-0.1, -0.05) is 12.1 Å². The summed E-state index contributed by atoms with van der Waals surface area (Å²) in [7, 11) is 0. The lowest BCUT2D eigenvalue weighted by Gasteiger charge is -2.08. The van der Waals surface area contributed by atoms with E-state index in [9.17, 15) is 9.90 Å². The van der Waals surface area contributed by atoms with Crippen LogP contribution < -0.4 is 5.32 Å². The Morgan fingerprint density at radius 1 is 1.32 bits per heavy atom. The lowest BCUT2D eigenvalue weighted by atomic mass is 10.1. The number of carbonyl (C=O) groups is 1. The molecule has 3 aromatic rings. The minimum Gasteiger partial charge on any atom is -0.464 e. The highest BCUT2D eigenvalue weighted by atomic mass is 16.3. The van der Waals surface area contributed by atoms with E-state index in [-0.39, 0.29) is 18.9 Å². The Hall–Kier alpha value is -2.66. The molecule has 0 aliphatic rings. The molecule has 112 valence electrons. The van der Waals surface area contributed by atoms with Crippen LogP contribution in [0.1, 0.15) is 16.7 Å². The van der Waals surface area contributed by atoms with Gasteiger partial charge in [0, 0.05) is 22.7 Å². The van der Waals surface area contributed by atoms with Crippen molar-refractivity contribution in [2.24, 2.45) is 0 Å². The van der Waals surface area contributed by atoms with Crippen LogP contribution in [0.5, 0.6) is 0 Å². The highest BCUT2D eigenvalue weighted by Gasteiger charge is 2.12. The van der Waals surface area contributed by atoms with Crippen molar-refractivity contribution >= 4 is 22.6 Å². The van der Waals surface area contributed by atoms with Crippen LogP contribution in [0.4, 0.5) is 5.69 Å². The number of nitrogens with one attached hydrogen (secondary N) is 1. The first-order valence-corrected chi connectivity index (χ1v) is 6.97. The van der Waals surface area contributed by atoms with Gasteiger partial charge in [0.05, 0.1) is 31.2 Å². The fraction of sp³-hybridized carbons (Fsp3) is 0.176. The number of amides is 1. The van der Waals surface area contributed by atoms with Crippen LogP contribution in [0.25, 0.3) is 11.0 Å².